The number of alkyl carbamates (subject to hydrolysis) is 1. The maximum Gasteiger partial charge on any atom is 0.408 e. The highest BCUT2D eigenvalue weighted by Crippen LogP contribution is 2.31. The van der Waals surface area contributed by atoms with Crippen LogP contribution in [0.25, 0.3) is 0 Å². The van der Waals surface area contributed by atoms with E-state index in [4.69, 9.17) is 45.4 Å². The second-order valence-corrected chi connectivity index (χ2v) is 15.2. The SMILES string of the molecule is COC(=O)[C@H](CNC(=S)NC[C@H]1O[C@H](COCc2ccccc2)[C@H](OCc2ccccc2)[C@H](OCc2ccccc2)[C@H]1OCc1ccccc1)NC(=O)OC(C)(C)C. The number of methoxy groups -OCH3 is 1. The van der Waals surface area contributed by atoms with E-state index in [2.05, 4.69) is 16.0 Å². The zero-order valence-electron chi connectivity index (χ0n) is 33.5. The van der Waals surface area contributed by atoms with Crippen LogP contribution in [0.1, 0.15) is 43.0 Å². The van der Waals surface area contributed by atoms with Gasteiger partial charge in [-0.05, 0) is 55.2 Å². The van der Waals surface area contributed by atoms with Gasteiger partial charge in [-0.1, -0.05) is 121 Å². The van der Waals surface area contributed by atoms with E-state index < -0.39 is 54.2 Å². The van der Waals surface area contributed by atoms with Gasteiger partial charge < -0.3 is 49.1 Å². The topological polar surface area (TPSA) is 135 Å². The summed E-state index contributed by atoms with van der Waals surface area (Å²) in [5.41, 5.74) is 3.25. The van der Waals surface area contributed by atoms with Crippen LogP contribution in [0.3, 0.4) is 0 Å². The van der Waals surface area contributed by atoms with Crippen molar-refractivity contribution in [1.82, 2.24) is 16.0 Å². The van der Waals surface area contributed by atoms with E-state index in [1.807, 2.05) is 121 Å². The molecule has 58 heavy (non-hydrogen) atoms. The molecule has 1 heterocycles. The lowest BCUT2D eigenvalue weighted by atomic mass is 9.93. The molecule has 5 rings (SSSR count). The smallest absolute Gasteiger partial charge is 0.408 e. The normalized spacial score (nSPS) is 19.7. The van der Waals surface area contributed by atoms with Crippen molar-refractivity contribution in [1.29, 1.82) is 0 Å². The summed E-state index contributed by atoms with van der Waals surface area (Å²) in [6.45, 7) is 6.83. The van der Waals surface area contributed by atoms with Crippen molar-refractivity contribution in [3.05, 3.63) is 144 Å². The van der Waals surface area contributed by atoms with Crippen LogP contribution < -0.4 is 16.0 Å². The highest BCUT2D eigenvalue weighted by molar-refractivity contribution is 7.80. The van der Waals surface area contributed by atoms with Crippen LogP contribution in [0.15, 0.2) is 121 Å². The zero-order valence-corrected chi connectivity index (χ0v) is 34.4. The van der Waals surface area contributed by atoms with E-state index >= 15 is 0 Å². The van der Waals surface area contributed by atoms with Gasteiger partial charge in [0.05, 0.1) is 40.1 Å². The summed E-state index contributed by atoms with van der Waals surface area (Å²) in [5.74, 6) is -0.663. The summed E-state index contributed by atoms with van der Waals surface area (Å²) in [6, 6.07) is 38.7. The maximum absolute atomic E-state index is 12.6. The summed E-state index contributed by atoms with van der Waals surface area (Å²) in [6.07, 6.45) is -3.78. The lowest BCUT2D eigenvalue weighted by Gasteiger charge is -2.46. The average molecular weight is 814 g/mol. The molecule has 0 radical (unpaired) electrons. The minimum atomic E-state index is -1.07. The second-order valence-electron chi connectivity index (χ2n) is 14.8. The van der Waals surface area contributed by atoms with Crippen LogP contribution in [-0.2, 0) is 64.4 Å². The van der Waals surface area contributed by atoms with Gasteiger partial charge in [-0.2, -0.15) is 0 Å². The molecule has 12 nitrogen and oxygen atoms in total. The fraction of sp³-hybridized carbons (Fsp3) is 0.400. The Labute approximate surface area is 346 Å². The first kappa shape index (κ1) is 44.2. The number of rotatable bonds is 19. The van der Waals surface area contributed by atoms with Crippen molar-refractivity contribution in [2.45, 2.75) is 89.4 Å². The van der Waals surface area contributed by atoms with Crippen molar-refractivity contribution in [3.8, 4) is 0 Å². The molecule has 1 aliphatic heterocycles. The molecule has 310 valence electrons. The average Bonchev–Trinajstić information content (AvgIpc) is 3.23. The molecule has 1 aliphatic rings. The van der Waals surface area contributed by atoms with Gasteiger partial charge in [0.15, 0.2) is 5.11 Å². The Morgan fingerprint density at radius 3 is 1.57 bits per heavy atom. The molecule has 0 aliphatic carbocycles. The standard InChI is InChI=1S/C45H55N3O9S/c1-45(2,3)57-44(50)48-36(42(49)51-4)25-46-43(58)47-26-37-39(53-28-33-19-11-6-12-20-33)41(55-30-35-23-15-8-16-24-35)40(54-29-34-21-13-7-14-22-34)38(56-37)31-52-27-32-17-9-5-10-18-32/h5-24,36-41H,25-31H2,1-4H3,(H,48,50)(H2,46,47,58)/t36-,37+,38+,39-,40-,41+/m0/s1. The largest absolute Gasteiger partial charge is 0.467 e. The fourth-order valence-corrected chi connectivity index (χ4v) is 6.45. The van der Waals surface area contributed by atoms with Crippen molar-refractivity contribution < 1.29 is 42.7 Å². The molecule has 1 fully saturated rings. The van der Waals surface area contributed by atoms with Crippen molar-refractivity contribution >= 4 is 29.4 Å². The number of nitrogens with one attached hydrogen (secondary N) is 3. The van der Waals surface area contributed by atoms with Gasteiger partial charge >= 0.3 is 12.1 Å². The molecule has 0 saturated carbocycles. The number of hydrogen-bond donors (Lipinski definition) is 3. The Morgan fingerprint density at radius 2 is 1.10 bits per heavy atom. The van der Waals surface area contributed by atoms with E-state index in [0.717, 1.165) is 22.3 Å². The highest BCUT2D eigenvalue weighted by Gasteiger charge is 2.48. The number of thiocarbonyl (C=S) groups is 1. The van der Waals surface area contributed by atoms with Crippen molar-refractivity contribution in [2.75, 3.05) is 26.8 Å². The quantitative estimate of drug-likeness (QED) is 0.0730. The van der Waals surface area contributed by atoms with Gasteiger partial charge in [0.25, 0.3) is 0 Å². The van der Waals surface area contributed by atoms with Crippen molar-refractivity contribution in [3.63, 3.8) is 0 Å². The zero-order chi connectivity index (χ0) is 41.2. The number of ether oxygens (including phenoxy) is 7. The van der Waals surface area contributed by atoms with Crippen LogP contribution in [0.2, 0.25) is 0 Å². The molecule has 4 aromatic carbocycles. The number of carbonyl (C=O) groups excluding carboxylic acids is 2. The van der Waals surface area contributed by atoms with Crippen LogP contribution >= 0.6 is 12.2 Å². The Hall–Kier alpha value is -4.89. The Balaban J connectivity index is 1.38. The number of benzene rings is 4. The first-order valence-corrected chi connectivity index (χ1v) is 19.8. The second kappa shape index (κ2) is 22.9. The molecule has 1 saturated heterocycles. The third kappa shape index (κ3) is 14.8. The monoisotopic (exact) mass is 813 g/mol. The van der Waals surface area contributed by atoms with E-state index in [0.29, 0.717) is 19.8 Å². The predicted molar refractivity (Wildman–Crippen MR) is 224 cm³/mol. The summed E-state index contributed by atoms with van der Waals surface area (Å²) in [7, 11) is 1.24. The molecule has 0 unspecified atom stereocenters. The lowest BCUT2D eigenvalue weighted by Crippen LogP contribution is -2.63. The third-order valence-electron chi connectivity index (χ3n) is 9.09. The van der Waals surface area contributed by atoms with Gasteiger partial charge in [-0.25, -0.2) is 9.59 Å². The van der Waals surface area contributed by atoms with E-state index in [9.17, 15) is 9.59 Å². The van der Waals surface area contributed by atoms with Gasteiger partial charge in [-0.15, -0.1) is 0 Å². The van der Waals surface area contributed by atoms with Gasteiger partial charge in [0.2, 0.25) is 0 Å². The van der Waals surface area contributed by atoms with E-state index in [-0.39, 0.29) is 31.4 Å². The lowest BCUT2D eigenvalue weighted by molar-refractivity contribution is -0.271. The predicted octanol–water partition coefficient (Wildman–Crippen LogP) is 6.26. The summed E-state index contributed by atoms with van der Waals surface area (Å²) >= 11 is 5.67. The molecule has 0 aromatic heterocycles. The molecule has 6 atom stereocenters. The first-order valence-electron chi connectivity index (χ1n) is 19.4. The number of amides is 1. The van der Waals surface area contributed by atoms with Crippen LogP contribution in [0.4, 0.5) is 4.79 Å². The molecule has 13 heteroatoms. The fourth-order valence-electron chi connectivity index (χ4n) is 6.28. The summed E-state index contributed by atoms with van der Waals surface area (Å²) in [4.78, 5) is 25.1. The molecular weight excluding hydrogens is 759 g/mol. The van der Waals surface area contributed by atoms with Crippen LogP contribution in [0, 0.1) is 0 Å². The number of esters is 1. The third-order valence-corrected chi connectivity index (χ3v) is 9.38. The van der Waals surface area contributed by atoms with Gasteiger partial charge in [-0.3, -0.25) is 0 Å². The van der Waals surface area contributed by atoms with E-state index in [1.165, 1.54) is 7.11 Å². The molecule has 0 spiro atoms. The molecule has 3 N–H and O–H groups in total. The molecule has 4 aromatic rings. The number of hydrogen-bond acceptors (Lipinski definition) is 10. The summed E-state index contributed by atoms with van der Waals surface area (Å²) < 4.78 is 43.8. The molecule has 0 bridgehead atoms. The first-order chi connectivity index (χ1) is 28.1. The van der Waals surface area contributed by atoms with Gasteiger partial charge in [0, 0.05) is 13.1 Å². The minimum Gasteiger partial charge on any atom is -0.467 e. The Bertz CT molecular complexity index is 1820. The van der Waals surface area contributed by atoms with Crippen LogP contribution in [-0.4, -0.2) is 86.1 Å². The minimum absolute atomic E-state index is 0.0641. The number of carbonyl (C=O) groups is 2. The Morgan fingerprint density at radius 1 is 0.655 bits per heavy atom. The molecule has 1 amide bonds. The van der Waals surface area contributed by atoms with Gasteiger partial charge in [0.1, 0.15) is 42.2 Å². The maximum atomic E-state index is 12.6. The van der Waals surface area contributed by atoms with Crippen LogP contribution in [0.5, 0.6) is 0 Å². The summed E-state index contributed by atoms with van der Waals surface area (Å²) in [5, 5.41) is 9.02. The highest BCUT2D eigenvalue weighted by atomic mass is 32.1. The Kier molecular flexibility index (Phi) is 17.5. The van der Waals surface area contributed by atoms with E-state index in [1.54, 1.807) is 20.8 Å². The van der Waals surface area contributed by atoms with Crippen molar-refractivity contribution in [2.24, 2.45) is 0 Å². The molecular formula is C45H55N3O9S.